The highest BCUT2D eigenvalue weighted by Crippen LogP contribution is 2.17. The van der Waals surface area contributed by atoms with Gasteiger partial charge in [0, 0.05) is 50.5 Å². The highest BCUT2D eigenvalue weighted by Gasteiger charge is 2.13. The van der Waals surface area contributed by atoms with E-state index in [9.17, 15) is 4.79 Å². The first kappa shape index (κ1) is 19.9. The summed E-state index contributed by atoms with van der Waals surface area (Å²) in [4.78, 5) is 17.2. The molecule has 0 radical (unpaired) electrons. The molecule has 2 fully saturated rings. The Morgan fingerprint density at radius 1 is 0.862 bits per heavy atom. The van der Waals surface area contributed by atoms with Crippen LogP contribution in [0.15, 0.2) is 48.5 Å². The van der Waals surface area contributed by atoms with Crippen molar-refractivity contribution in [3.05, 3.63) is 65.2 Å². The third-order valence-corrected chi connectivity index (χ3v) is 5.46. The number of hydrogen-bond acceptors (Lipinski definition) is 5. The van der Waals surface area contributed by atoms with Gasteiger partial charge >= 0.3 is 0 Å². The van der Waals surface area contributed by atoms with Crippen molar-refractivity contribution >= 4 is 11.6 Å². The number of anilines is 1. The molecule has 2 saturated heterocycles. The number of amides is 1. The van der Waals surface area contributed by atoms with E-state index in [4.69, 9.17) is 9.47 Å². The summed E-state index contributed by atoms with van der Waals surface area (Å²) in [6, 6.07) is 16.3. The Kier molecular flexibility index (Phi) is 6.77. The van der Waals surface area contributed by atoms with E-state index in [0.29, 0.717) is 12.1 Å². The molecule has 0 atom stereocenters. The topological polar surface area (TPSA) is 54.0 Å². The summed E-state index contributed by atoms with van der Waals surface area (Å²) in [5, 5.41) is 3.04. The molecule has 2 heterocycles. The third kappa shape index (κ3) is 5.56. The number of benzene rings is 2. The molecule has 6 nitrogen and oxygen atoms in total. The van der Waals surface area contributed by atoms with Crippen LogP contribution in [-0.2, 0) is 22.6 Å². The predicted molar refractivity (Wildman–Crippen MR) is 113 cm³/mol. The van der Waals surface area contributed by atoms with Crippen LogP contribution >= 0.6 is 0 Å². The van der Waals surface area contributed by atoms with Crippen LogP contribution in [0.25, 0.3) is 0 Å². The first-order chi connectivity index (χ1) is 14.3. The van der Waals surface area contributed by atoms with Gasteiger partial charge in [-0.15, -0.1) is 0 Å². The number of carbonyl (C=O) groups is 1. The van der Waals surface area contributed by atoms with Gasteiger partial charge in [-0.25, -0.2) is 0 Å². The smallest absolute Gasteiger partial charge is 0.251 e. The summed E-state index contributed by atoms with van der Waals surface area (Å²) in [5.74, 6) is -0.0443. The molecule has 0 unspecified atom stereocenters. The van der Waals surface area contributed by atoms with E-state index in [1.165, 1.54) is 5.56 Å². The zero-order valence-electron chi connectivity index (χ0n) is 16.8. The van der Waals surface area contributed by atoms with Crippen LogP contribution in [0, 0.1) is 0 Å². The molecule has 4 rings (SSSR count). The van der Waals surface area contributed by atoms with Crippen LogP contribution in [0.5, 0.6) is 0 Å². The second-order valence-electron chi connectivity index (χ2n) is 7.54. The van der Waals surface area contributed by atoms with Crippen LogP contribution in [0.1, 0.15) is 21.5 Å². The van der Waals surface area contributed by atoms with Gasteiger partial charge in [-0.05, 0) is 35.4 Å². The lowest BCUT2D eigenvalue weighted by molar-refractivity contribution is 0.0342. The number of morpholine rings is 2. The molecular weight excluding hydrogens is 366 g/mol. The Morgan fingerprint density at radius 3 is 2.24 bits per heavy atom. The fourth-order valence-electron chi connectivity index (χ4n) is 3.79. The molecule has 2 aliphatic heterocycles. The Balaban J connectivity index is 1.30. The maximum absolute atomic E-state index is 12.5. The Hall–Kier alpha value is -2.41. The molecule has 29 heavy (non-hydrogen) atoms. The largest absolute Gasteiger partial charge is 0.379 e. The maximum atomic E-state index is 12.5. The minimum absolute atomic E-state index is 0.0443. The number of nitrogens with zero attached hydrogens (tertiary/aromatic N) is 2. The molecule has 2 aromatic rings. The second-order valence-corrected chi connectivity index (χ2v) is 7.54. The van der Waals surface area contributed by atoms with Crippen LogP contribution in [0.4, 0.5) is 5.69 Å². The maximum Gasteiger partial charge on any atom is 0.251 e. The van der Waals surface area contributed by atoms with E-state index in [2.05, 4.69) is 39.4 Å². The van der Waals surface area contributed by atoms with E-state index in [1.54, 1.807) is 0 Å². The van der Waals surface area contributed by atoms with Crippen molar-refractivity contribution in [2.45, 2.75) is 13.1 Å². The molecule has 2 aromatic carbocycles. The van der Waals surface area contributed by atoms with Gasteiger partial charge < -0.3 is 19.7 Å². The quantitative estimate of drug-likeness (QED) is 0.813. The van der Waals surface area contributed by atoms with E-state index in [1.807, 2.05) is 24.3 Å². The fraction of sp³-hybridized carbons (Fsp3) is 0.435. The lowest BCUT2D eigenvalue weighted by Crippen LogP contribution is -2.36. The molecule has 0 aromatic heterocycles. The summed E-state index contributed by atoms with van der Waals surface area (Å²) in [5.41, 5.74) is 4.22. The molecular formula is C23H29N3O3. The number of ether oxygens (including phenoxy) is 2. The molecule has 6 heteroatoms. The van der Waals surface area contributed by atoms with Gasteiger partial charge in [0.25, 0.3) is 5.91 Å². The highest BCUT2D eigenvalue weighted by molar-refractivity contribution is 5.94. The zero-order chi connectivity index (χ0) is 19.9. The van der Waals surface area contributed by atoms with Crippen LogP contribution in [0.3, 0.4) is 0 Å². The molecule has 2 aliphatic rings. The Bertz CT molecular complexity index is 797. The average molecular weight is 396 g/mol. The van der Waals surface area contributed by atoms with Gasteiger partial charge in [0.15, 0.2) is 0 Å². The van der Waals surface area contributed by atoms with Gasteiger partial charge in [0.2, 0.25) is 0 Å². The molecule has 1 amide bonds. The summed E-state index contributed by atoms with van der Waals surface area (Å²) < 4.78 is 10.8. The molecule has 154 valence electrons. The lowest BCUT2D eigenvalue weighted by Gasteiger charge is -2.28. The zero-order valence-corrected chi connectivity index (χ0v) is 16.8. The number of carbonyl (C=O) groups excluding carboxylic acids is 1. The fourth-order valence-corrected chi connectivity index (χ4v) is 3.79. The normalized spacial score (nSPS) is 17.9. The molecule has 0 aliphatic carbocycles. The summed E-state index contributed by atoms with van der Waals surface area (Å²) in [7, 11) is 0. The Morgan fingerprint density at radius 2 is 1.52 bits per heavy atom. The van der Waals surface area contributed by atoms with Crippen molar-refractivity contribution in [2.75, 3.05) is 57.5 Å². The van der Waals surface area contributed by atoms with Crippen molar-refractivity contribution in [3.63, 3.8) is 0 Å². The Labute approximate surface area is 172 Å². The van der Waals surface area contributed by atoms with Crippen LogP contribution in [0.2, 0.25) is 0 Å². The summed E-state index contributed by atoms with van der Waals surface area (Å²) in [6.07, 6.45) is 0. The SMILES string of the molecule is O=C(NCc1cccc(CN2CCOCC2)c1)c1ccc(N2CCOCC2)cc1. The average Bonchev–Trinajstić information content (AvgIpc) is 2.79. The van der Waals surface area contributed by atoms with Gasteiger partial charge in [0.05, 0.1) is 26.4 Å². The lowest BCUT2D eigenvalue weighted by atomic mass is 10.1. The van der Waals surface area contributed by atoms with Crippen LogP contribution in [-0.4, -0.2) is 63.4 Å². The standard InChI is InChI=1S/C23H29N3O3/c27-23(21-4-6-22(7-5-21)26-10-14-29-15-11-26)24-17-19-2-1-3-20(16-19)18-25-8-12-28-13-9-25/h1-7,16H,8-15,17-18H2,(H,24,27). The van der Waals surface area contributed by atoms with E-state index in [-0.39, 0.29) is 5.91 Å². The first-order valence-electron chi connectivity index (χ1n) is 10.4. The minimum atomic E-state index is -0.0443. The monoisotopic (exact) mass is 395 g/mol. The van der Waals surface area contributed by atoms with Crippen LogP contribution < -0.4 is 10.2 Å². The van der Waals surface area contributed by atoms with Gasteiger partial charge in [0.1, 0.15) is 0 Å². The summed E-state index contributed by atoms with van der Waals surface area (Å²) >= 11 is 0. The first-order valence-corrected chi connectivity index (χ1v) is 10.4. The van der Waals surface area contributed by atoms with E-state index >= 15 is 0 Å². The van der Waals surface area contributed by atoms with Crippen molar-refractivity contribution in [3.8, 4) is 0 Å². The van der Waals surface area contributed by atoms with Crippen molar-refractivity contribution in [1.29, 1.82) is 0 Å². The van der Waals surface area contributed by atoms with E-state index in [0.717, 1.165) is 70.4 Å². The highest BCUT2D eigenvalue weighted by atomic mass is 16.5. The van der Waals surface area contributed by atoms with Crippen molar-refractivity contribution in [1.82, 2.24) is 10.2 Å². The minimum Gasteiger partial charge on any atom is -0.379 e. The molecule has 0 bridgehead atoms. The molecule has 0 spiro atoms. The number of nitrogens with one attached hydrogen (secondary N) is 1. The van der Waals surface area contributed by atoms with Crippen molar-refractivity contribution in [2.24, 2.45) is 0 Å². The second kappa shape index (κ2) is 9.87. The van der Waals surface area contributed by atoms with Crippen molar-refractivity contribution < 1.29 is 14.3 Å². The molecule has 1 N–H and O–H groups in total. The third-order valence-electron chi connectivity index (χ3n) is 5.46. The molecule has 0 saturated carbocycles. The predicted octanol–water partition coefficient (Wildman–Crippen LogP) is 2.29. The van der Waals surface area contributed by atoms with Gasteiger partial charge in [-0.3, -0.25) is 9.69 Å². The van der Waals surface area contributed by atoms with Gasteiger partial charge in [-0.2, -0.15) is 0 Å². The number of hydrogen-bond donors (Lipinski definition) is 1. The number of rotatable bonds is 6. The summed E-state index contributed by atoms with van der Waals surface area (Å²) in [6.45, 7) is 8.32. The van der Waals surface area contributed by atoms with Gasteiger partial charge in [-0.1, -0.05) is 24.3 Å². The van der Waals surface area contributed by atoms with E-state index < -0.39 is 0 Å².